The van der Waals surface area contributed by atoms with Gasteiger partial charge in [-0.25, -0.2) is 9.59 Å². The van der Waals surface area contributed by atoms with E-state index in [2.05, 4.69) is 15.4 Å². The highest BCUT2D eigenvalue weighted by molar-refractivity contribution is 5.86. The van der Waals surface area contributed by atoms with Crippen molar-refractivity contribution in [3.63, 3.8) is 0 Å². The number of carbonyl (C=O) groups excluding carboxylic acids is 2. The minimum atomic E-state index is -1.31. The van der Waals surface area contributed by atoms with Gasteiger partial charge in [0.15, 0.2) is 0 Å². The lowest BCUT2D eigenvalue weighted by Gasteiger charge is -2.13. The van der Waals surface area contributed by atoms with Crippen LogP contribution in [0.3, 0.4) is 0 Å². The van der Waals surface area contributed by atoms with Gasteiger partial charge in [0, 0.05) is 20.3 Å². The second-order valence-corrected chi connectivity index (χ2v) is 3.42. The van der Waals surface area contributed by atoms with Crippen molar-refractivity contribution in [2.45, 2.75) is 18.9 Å². The Kier molecular flexibility index (Phi) is 8.29. The monoisotopic (exact) mass is 262 g/mol. The first-order valence-corrected chi connectivity index (χ1v) is 5.34. The number of aliphatic carboxylic acids is 1. The van der Waals surface area contributed by atoms with Crippen LogP contribution in [0.25, 0.3) is 0 Å². The fraction of sp³-hybridized carbons (Fsp3) is 0.700. The molecule has 8 heteroatoms. The summed E-state index contributed by atoms with van der Waals surface area (Å²) >= 11 is 0. The molecule has 0 aromatic carbocycles. The van der Waals surface area contributed by atoms with Crippen LogP contribution in [0.2, 0.25) is 0 Å². The van der Waals surface area contributed by atoms with Crippen LogP contribution in [0.5, 0.6) is 0 Å². The summed E-state index contributed by atoms with van der Waals surface area (Å²) < 4.78 is 9.12. The average molecular weight is 262 g/mol. The molecule has 104 valence electrons. The van der Waals surface area contributed by atoms with E-state index in [1.807, 2.05) is 0 Å². The summed E-state index contributed by atoms with van der Waals surface area (Å²) in [5, 5.41) is 13.4. The van der Waals surface area contributed by atoms with Crippen LogP contribution in [0.15, 0.2) is 0 Å². The topological polar surface area (TPSA) is 114 Å². The van der Waals surface area contributed by atoms with Gasteiger partial charge in [0.25, 0.3) is 0 Å². The number of methoxy groups -OCH3 is 2. The number of carbonyl (C=O) groups is 3. The van der Waals surface area contributed by atoms with Crippen molar-refractivity contribution in [2.24, 2.45) is 0 Å². The summed E-state index contributed by atoms with van der Waals surface area (Å²) in [6, 6.07) is -1.96. The van der Waals surface area contributed by atoms with Crippen molar-refractivity contribution in [2.75, 3.05) is 27.4 Å². The van der Waals surface area contributed by atoms with Crippen molar-refractivity contribution < 1.29 is 29.0 Å². The molecule has 0 unspecified atom stereocenters. The zero-order valence-electron chi connectivity index (χ0n) is 10.4. The van der Waals surface area contributed by atoms with Crippen LogP contribution in [0.1, 0.15) is 12.8 Å². The van der Waals surface area contributed by atoms with E-state index in [4.69, 9.17) is 9.84 Å². The molecule has 0 aliphatic carbocycles. The van der Waals surface area contributed by atoms with E-state index in [9.17, 15) is 14.4 Å². The normalized spacial score (nSPS) is 11.4. The SMILES string of the molecule is COCCCNC(=O)N[C@@H](CC(=O)OC)C(=O)O. The molecule has 0 fully saturated rings. The summed E-state index contributed by atoms with van der Waals surface area (Å²) in [6.07, 6.45) is 0.190. The zero-order chi connectivity index (χ0) is 14.0. The van der Waals surface area contributed by atoms with E-state index in [1.165, 1.54) is 7.11 Å². The van der Waals surface area contributed by atoms with Gasteiger partial charge in [-0.1, -0.05) is 0 Å². The Morgan fingerprint density at radius 3 is 2.44 bits per heavy atom. The van der Waals surface area contributed by atoms with E-state index in [-0.39, 0.29) is 0 Å². The van der Waals surface area contributed by atoms with Crippen molar-refractivity contribution in [1.82, 2.24) is 10.6 Å². The Bertz CT molecular complexity index is 294. The minimum absolute atomic E-state index is 0.351. The van der Waals surface area contributed by atoms with Crippen LogP contribution in [-0.4, -0.2) is 56.5 Å². The van der Waals surface area contributed by atoms with E-state index < -0.39 is 30.4 Å². The largest absolute Gasteiger partial charge is 0.480 e. The molecule has 0 heterocycles. The molecule has 0 spiro atoms. The fourth-order valence-corrected chi connectivity index (χ4v) is 1.08. The summed E-state index contributed by atoms with van der Waals surface area (Å²) in [4.78, 5) is 33.0. The number of urea groups is 1. The summed E-state index contributed by atoms with van der Waals surface area (Å²) in [6.45, 7) is 0.842. The molecule has 18 heavy (non-hydrogen) atoms. The Balaban J connectivity index is 4.04. The first-order chi connectivity index (χ1) is 8.51. The van der Waals surface area contributed by atoms with Gasteiger partial charge in [-0.05, 0) is 6.42 Å². The third-order valence-electron chi connectivity index (χ3n) is 2.01. The number of hydrogen-bond acceptors (Lipinski definition) is 5. The highest BCUT2D eigenvalue weighted by Crippen LogP contribution is 1.95. The number of rotatable bonds is 8. The molecule has 0 aliphatic heterocycles. The number of hydrogen-bond donors (Lipinski definition) is 3. The molecule has 0 rings (SSSR count). The number of esters is 1. The molecule has 8 nitrogen and oxygen atoms in total. The maximum absolute atomic E-state index is 11.3. The average Bonchev–Trinajstić information content (AvgIpc) is 2.33. The lowest BCUT2D eigenvalue weighted by molar-refractivity contribution is -0.147. The van der Waals surface area contributed by atoms with Gasteiger partial charge in [-0.2, -0.15) is 0 Å². The lowest BCUT2D eigenvalue weighted by atomic mass is 10.2. The van der Waals surface area contributed by atoms with Crippen LogP contribution in [-0.2, 0) is 19.1 Å². The summed E-state index contributed by atoms with van der Waals surface area (Å²) in [7, 11) is 2.68. The molecule has 0 saturated heterocycles. The maximum atomic E-state index is 11.3. The third-order valence-corrected chi connectivity index (χ3v) is 2.01. The van der Waals surface area contributed by atoms with Crippen LogP contribution >= 0.6 is 0 Å². The summed E-state index contributed by atoms with van der Waals surface area (Å²) in [5.74, 6) is -2.01. The number of carboxylic acids is 1. The number of amides is 2. The highest BCUT2D eigenvalue weighted by atomic mass is 16.5. The predicted molar refractivity (Wildman–Crippen MR) is 61.1 cm³/mol. The van der Waals surface area contributed by atoms with E-state index >= 15 is 0 Å². The fourth-order valence-electron chi connectivity index (χ4n) is 1.08. The second kappa shape index (κ2) is 9.23. The standard InChI is InChI=1S/C10H18N2O6/c1-17-5-3-4-11-10(16)12-7(9(14)15)6-8(13)18-2/h7H,3-6H2,1-2H3,(H,14,15)(H2,11,12,16)/t7-/m0/s1. The quantitative estimate of drug-likeness (QED) is 0.395. The predicted octanol–water partition coefficient (Wildman–Crippen LogP) is -0.662. The highest BCUT2D eigenvalue weighted by Gasteiger charge is 2.23. The van der Waals surface area contributed by atoms with Gasteiger partial charge in [0.2, 0.25) is 0 Å². The van der Waals surface area contributed by atoms with Gasteiger partial charge < -0.3 is 25.2 Å². The van der Waals surface area contributed by atoms with Crippen molar-refractivity contribution in [3.05, 3.63) is 0 Å². The van der Waals surface area contributed by atoms with Crippen molar-refractivity contribution in [3.8, 4) is 0 Å². The molecule has 1 atom stereocenters. The molecule has 0 aromatic rings. The first-order valence-electron chi connectivity index (χ1n) is 5.34. The Hall–Kier alpha value is -1.83. The van der Waals surface area contributed by atoms with Gasteiger partial charge in [0.1, 0.15) is 6.04 Å². The molecule has 0 aliphatic rings. The Labute approximate surface area is 105 Å². The van der Waals surface area contributed by atoms with Gasteiger partial charge in [-0.3, -0.25) is 4.79 Å². The van der Waals surface area contributed by atoms with Gasteiger partial charge >= 0.3 is 18.0 Å². The first kappa shape index (κ1) is 16.2. The van der Waals surface area contributed by atoms with E-state index in [0.29, 0.717) is 19.6 Å². The number of nitrogens with one attached hydrogen (secondary N) is 2. The smallest absolute Gasteiger partial charge is 0.326 e. The van der Waals surface area contributed by atoms with Crippen LogP contribution in [0.4, 0.5) is 4.79 Å². The lowest BCUT2D eigenvalue weighted by Crippen LogP contribution is -2.47. The van der Waals surface area contributed by atoms with E-state index in [1.54, 1.807) is 0 Å². The molecule has 0 saturated carbocycles. The van der Waals surface area contributed by atoms with Crippen molar-refractivity contribution >= 4 is 18.0 Å². The third kappa shape index (κ3) is 7.44. The number of carboxylic acid groups (broad SMARTS) is 1. The molecular formula is C10H18N2O6. The van der Waals surface area contributed by atoms with E-state index in [0.717, 1.165) is 7.11 Å². The van der Waals surface area contributed by atoms with Crippen LogP contribution in [0, 0.1) is 0 Å². The van der Waals surface area contributed by atoms with Crippen LogP contribution < -0.4 is 10.6 Å². The molecular weight excluding hydrogens is 244 g/mol. The number of ether oxygens (including phenoxy) is 2. The molecule has 0 aromatic heterocycles. The zero-order valence-corrected chi connectivity index (χ0v) is 10.4. The molecule has 2 amide bonds. The van der Waals surface area contributed by atoms with Gasteiger partial charge in [0.05, 0.1) is 13.5 Å². The summed E-state index contributed by atoms with van der Waals surface area (Å²) in [5.41, 5.74) is 0. The Morgan fingerprint density at radius 1 is 1.28 bits per heavy atom. The maximum Gasteiger partial charge on any atom is 0.326 e. The second-order valence-electron chi connectivity index (χ2n) is 3.42. The molecule has 3 N–H and O–H groups in total. The molecule has 0 bridgehead atoms. The van der Waals surface area contributed by atoms with Gasteiger partial charge in [-0.15, -0.1) is 0 Å². The minimum Gasteiger partial charge on any atom is -0.480 e. The Morgan fingerprint density at radius 2 is 1.94 bits per heavy atom. The van der Waals surface area contributed by atoms with Crippen molar-refractivity contribution in [1.29, 1.82) is 0 Å². The molecule has 0 radical (unpaired) electrons.